The van der Waals surface area contributed by atoms with Gasteiger partial charge in [0.1, 0.15) is 5.69 Å². The van der Waals surface area contributed by atoms with Crippen LogP contribution < -0.4 is 10.6 Å². The molecule has 0 heterocycles. The van der Waals surface area contributed by atoms with Crippen molar-refractivity contribution in [3.63, 3.8) is 0 Å². The number of carbonyl (C=O) groups excluding carboxylic acids is 1. The van der Waals surface area contributed by atoms with Crippen molar-refractivity contribution in [1.82, 2.24) is 5.32 Å². The van der Waals surface area contributed by atoms with Crippen LogP contribution in [0.2, 0.25) is 0 Å². The van der Waals surface area contributed by atoms with Crippen LogP contribution in [0.15, 0.2) is 18.2 Å². The summed E-state index contributed by atoms with van der Waals surface area (Å²) in [5.74, 6) is -1.68. The van der Waals surface area contributed by atoms with Crippen LogP contribution in [0.4, 0.5) is 11.4 Å². The predicted molar refractivity (Wildman–Crippen MR) is 89.7 cm³/mol. The van der Waals surface area contributed by atoms with Gasteiger partial charge in [-0.05, 0) is 31.9 Å². The van der Waals surface area contributed by atoms with Gasteiger partial charge in [-0.2, -0.15) is 0 Å². The fraction of sp³-hybridized carbons (Fsp3) is 0.500. The molecule has 1 aliphatic carbocycles. The molecule has 0 bridgehead atoms. The van der Waals surface area contributed by atoms with Gasteiger partial charge >= 0.3 is 5.97 Å². The zero-order chi connectivity index (χ0) is 18.6. The molecule has 0 aromatic heterocycles. The van der Waals surface area contributed by atoms with E-state index < -0.39 is 22.3 Å². The van der Waals surface area contributed by atoms with Crippen molar-refractivity contribution in [2.24, 2.45) is 0 Å². The lowest BCUT2D eigenvalue weighted by Gasteiger charge is -2.28. The van der Waals surface area contributed by atoms with Crippen LogP contribution in [0.25, 0.3) is 0 Å². The predicted octanol–water partition coefficient (Wildman–Crippen LogP) is 1.78. The Bertz CT molecular complexity index is 688. The molecule has 9 nitrogen and oxygen atoms in total. The number of carbonyl (C=O) groups is 2. The molecule has 0 radical (unpaired) electrons. The molecule has 1 atom stereocenters. The van der Waals surface area contributed by atoms with E-state index in [4.69, 9.17) is 9.84 Å². The zero-order valence-corrected chi connectivity index (χ0v) is 14.1. The number of nitrogens with one attached hydrogen (secondary N) is 2. The molecule has 0 aliphatic heterocycles. The number of methoxy groups -OCH3 is 1. The van der Waals surface area contributed by atoms with Crippen molar-refractivity contribution in [3.05, 3.63) is 33.9 Å². The Hall–Kier alpha value is -2.68. The Labute approximate surface area is 144 Å². The number of nitro groups is 1. The molecule has 0 saturated heterocycles. The number of carboxylic acids is 1. The maximum absolute atomic E-state index is 12.4. The second-order valence-corrected chi connectivity index (χ2v) is 6.43. The minimum atomic E-state index is -1.13. The highest BCUT2D eigenvalue weighted by Crippen LogP contribution is 2.31. The van der Waals surface area contributed by atoms with Crippen molar-refractivity contribution in [1.29, 1.82) is 0 Å². The standard InChI is InChI=1S/C16H21N3O6/c1-16(9-25-2,8-14(20)21)18-15(22)10-3-6-12(17-11-4-5-11)13(7-10)19(23)24/h3,6-7,11,17H,4-5,8-9H2,1-2H3,(H,18,22)(H,20,21). The number of nitro benzene ring substituents is 1. The average molecular weight is 351 g/mol. The Morgan fingerprint density at radius 1 is 1.44 bits per heavy atom. The summed E-state index contributed by atoms with van der Waals surface area (Å²) in [5, 5.41) is 25.9. The van der Waals surface area contributed by atoms with Crippen molar-refractivity contribution < 1.29 is 24.4 Å². The van der Waals surface area contributed by atoms with E-state index in [1.54, 1.807) is 6.92 Å². The molecule has 1 aromatic carbocycles. The minimum Gasteiger partial charge on any atom is -0.481 e. The van der Waals surface area contributed by atoms with Gasteiger partial charge in [0.2, 0.25) is 0 Å². The lowest BCUT2D eigenvalue weighted by molar-refractivity contribution is -0.384. The molecule has 1 amide bonds. The first kappa shape index (κ1) is 18.7. The van der Waals surface area contributed by atoms with Crippen LogP contribution in [0.5, 0.6) is 0 Å². The first-order valence-electron chi connectivity index (χ1n) is 7.82. The van der Waals surface area contributed by atoms with Crippen LogP contribution >= 0.6 is 0 Å². The van der Waals surface area contributed by atoms with E-state index in [0.717, 1.165) is 12.8 Å². The number of aliphatic carboxylic acids is 1. The molecule has 1 saturated carbocycles. The molecule has 1 aromatic rings. The number of carboxylic acid groups (broad SMARTS) is 1. The largest absolute Gasteiger partial charge is 0.481 e. The third kappa shape index (κ3) is 5.15. The van der Waals surface area contributed by atoms with Gasteiger partial charge in [-0.25, -0.2) is 0 Å². The zero-order valence-electron chi connectivity index (χ0n) is 14.1. The molecule has 136 valence electrons. The van der Waals surface area contributed by atoms with Gasteiger partial charge in [0.15, 0.2) is 0 Å². The average Bonchev–Trinajstić information content (AvgIpc) is 3.30. The van der Waals surface area contributed by atoms with E-state index in [9.17, 15) is 19.7 Å². The molecular weight excluding hydrogens is 330 g/mol. The van der Waals surface area contributed by atoms with Crippen molar-refractivity contribution in [3.8, 4) is 0 Å². The number of ether oxygens (including phenoxy) is 1. The van der Waals surface area contributed by atoms with Crippen LogP contribution in [-0.2, 0) is 9.53 Å². The molecule has 1 fully saturated rings. The van der Waals surface area contributed by atoms with Crippen LogP contribution in [0.1, 0.15) is 36.5 Å². The highest BCUT2D eigenvalue weighted by molar-refractivity contribution is 5.96. The fourth-order valence-corrected chi connectivity index (χ4v) is 2.52. The molecular formula is C16H21N3O6. The maximum Gasteiger partial charge on any atom is 0.305 e. The molecule has 2 rings (SSSR count). The number of anilines is 1. The van der Waals surface area contributed by atoms with Gasteiger partial charge in [0.05, 0.1) is 23.5 Å². The van der Waals surface area contributed by atoms with E-state index in [1.165, 1.54) is 25.3 Å². The third-order valence-electron chi connectivity index (χ3n) is 3.81. The lowest BCUT2D eigenvalue weighted by atomic mass is 9.98. The fourth-order valence-electron chi connectivity index (χ4n) is 2.52. The van der Waals surface area contributed by atoms with E-state index in [1.807, 2.05) is 0 Å². The quantitative estimate of drug-likeness (QED) is 0.456. The lowest BCUT2D eigenvalue weighted by Crippen LogP contribution is -2.50. The van der Waals surface area contributed by atoms with Gasteiger partial charge in [0.25, 0.3) is 11.6 Å². The van der Waals surface area contributed by atoms with Crippen molar-refractivity contribution >= 4 is 23.3 Å². The third-order valence-corrected chi connectivity index (χ3v) is 3.81. The van der Waals surface area contributed by atoms with Crippen molar-refractivity contribution in [2.75, 3.05) is 19.0 Å². The molecule has 25 heavy (non-hydrogen) atoms. The Kier molecular flexibility index (Phi) is 5.58. The topological polar surface area (TPSA) is 131 Å². The molecule has 1 unspecified atom stereocenters. The Morgan fingerprint density at radius 3 is 2.64 bits per heavy atom. The summed E-state index contributed by atoms with van der Waals surface area (Å²) in [5.41, 5.74) is -0.863. The summed E-state index contributed by atoms with van der Waals surface area (Å²) in [7, 11) is 1.40. The van der Waals surface area contributed by atoms with Gasteiger partial charge in [-0.1, -0.05) is 0 Å². The van der Waals surface area contributed by atoms with Gasteiger partial charge in [-0.3, -0.25) is 19.7 Å². The number of amides is 1. The normalized spacial score (nSPS) is 15.9. The number of hydrogen-bond donors (Lipinski definition) is 3. The highest BCUT2D eigenvalue weighted by Gasteiger charge is 2.31. The number of hydrogen-bond acceptors (Lipinski definition) is 6. The monoisotopic (exact) mass is 351 g/mol. The van der Waals surface area contributed by atoms with Crippen molar-refractivity contribution in [2.45, 2.75) is 37.8 Å². The molecule has 1 aliphatic rings. The second-order valence-electron chi connectivity index (χ2n) is 6.43. The smallest absolute Gasteiger partial charge is 0.305 e. The van der Waals surface area contributed by atoms with Crippen LogP contribution in [0, 0.1) is 10.1 Å². The molecule has 3 N–H and O–H groups in total. The second kappa shape index (κ2) is 7.47. The highest BCUT2D eigenvalue weighted by atomic mass is 16.6. The summed E-state index contributed by atoms with van der Waals surface area (Å²) < 4.78 is 4.98. The minimum absolute atomic E-state index is 0.00550. The van der Waals surface area contributed by atoms with Gasteiger partial charge in [-0.15, -0.1) is 0 Å². The number of rotatable bonds is 9. The maximum atomic E-state index is 12.4. The van der Waals surface area contributed by atoms with Gasteiger partial charge in [0, 0.05) is 24.8 Å². The van der Waals surface area contributed by atoms with E-state index in [2.05, 4.69) is 10.6 Å². The number of nitrogens with zero attached hydrogens (tertiary/aromatic N) is 1. The first-order chi connectivity index (χ1) is 11.7. The van der Waals surface area contributed by atoms with E-state index in [0.29, 0.717) is 5.69 Å². The van der Waals surface area contributed by atoms with Crippen LogP contribution in [-0.4, -0.2) is 47.2 Å². The number of benzene rings is 1. The Balaban J connectivity index is 2.21. The van der Waals surface area contributed by atoms with Crippen LogP contribution in [0.3, 0.4) is 0 Å². The Morgan fingerprint density at radius 2 is 2.12 bits per heavy atom. The van der Waals surface area contributed by atoms with Gasteiger partial charge < -0.3 is 20.5 Å². The molecule has 0 spiro atoms. The summed E-state index contributed by atoms with van der Waals surface area (Å²) in [4.78, 5) is 34.2. The first-order valence-corrected chi connectivity index (χ1v) is 7.82. The summed E-state index contributed by atoms with van der Waals surface area (Å²) >= 11 is 0. The SMILES string of the molecule is COCC(C)(CC(=O)O)NC(=O)c1ccc(NC2CC2)c([N+](=O)[O-])c1. The van der Waals surface area contributed by atoms with E-state index in [-0.39, 0.29) is 30.3 Å². The summed E-state index contributed by atoms with van der Waals surface area (Å²) in [6, 6.07) is 4.39. The van der Waals surface area contributed by atoms with E-state index >= 15 is 0 Å². The summed E-state index contributed by atoms with van der Waals surface area (Å²) in [6.45, 7) is 1.54. The molecule has 9 heteroatoms. The summed E-state index contributed by atoms with van der Waals surface area (Å²) in [6.07, 6.45) is 1.59.